The molecule has 2 rings (SSSR count). The van der Waals surface area contributed by atoms with Crippen LogP contribution in [0.1, 0.15) is 25.7 Å². The zero-order chi connectivity index (χ0) is 17.5. The topological polar surface area (TPSA) is 0 Å². The van der Waals surface area contributed by atoms with Gasteiger partial charge in [-0.25, -0.2) is 0 Å². The van der Waals surface area contributed by atoms with Crippen molar-refractivity contribution >= 4 is 11.4 Å². The highest BCUT2D eigenvalue weighted by atomic mass is 15.3. The van der Waals surface area contributed by atoms with Crippen LogP contribution in [0, 0.1) is 0 Å². The second-order valence-electron chi connectivity index (χ2n) is 7.90. The maximum atomic E-state index is 2.31. The van der Waals surface area contributed by atoms with Gasteiger partial charge < -0.3 is 0 Å². The Hall–Kier alpha value is -1.64. The van der Waals surface area contributed by atoms with Crippen molar-refractivity contribution in [2.24, 2.45) is 0 Å². The monoisotopic (exact) mass is 326 g/mol. The highest BCUT2D eigenvalue weighted by Gasteiger charge is 2.19. The standard InChI is InChI=1S/C22H34N2/c1-23(2,21-15-9-7-10-16-21)19-13-5-6-14-20-24(3,4)22-17-11-8-12-18-22/h7-12,15-18H,5-6,13-14,19-20H2,1-4H3/q+2. The van der Waals surface area contributed by atoms with Crippen molar-refractivity contribution in [3.05, 3.63) is 60.7 Å². The number of hydrogen-bond donors (Lipinski definition) is 0. The molecular formula is C22H34N2+2. The van der Waals surface area contributed by atoms with Gasteiger partial charge in [-0.3, -0.25) is 8.97 Å². The number of unbranched alkanes of at least 4 members (excludes halogenated alkanes) is 3. The summed E-state index contributed by atoms with van der Waals surface area (Å²) in [4.78, 5) is 0. The first-order valence-corrected chi connectivity index (χ1v) is 9.19. The van der Waals surface area contributed by atoms with Gasteiger partial charge in [-0.1, -0.05) is 36.4 Å². The maximum absolute atomic E-state index is 2.31. The van der Waals surface area contributed by atoms with Crippen LogP contribution >= 0.6 is 0 Å². The predicted molar refractivity (Wildman–Crippen MR) is 108 cm³/mol. The first-order valence-electron chi connectivity index (χ1n) is 9.19. The van der Waals surface area contributed by atoms with E-state index in [1.54, 1.807) is 0 Å². The van der Waals surface area contributed by atoms with Gasteiger partial charge in [-0.15, -0.1) is 0 Å². The molecule has 0 bridgehead atoms. The highest BCUT2D eigenvalue weighted by Crippen LogP contribution is 2.21. The number of para-hydroxylation sites is 2. The van der Waals surface area contributed by atoms with E-state index in [2.05, 4.69) is 88.9 Å². The first kappa shape index (κ1) is 18.7. The van der Waals surface area contributed by atoms with Gasteiger partial charge in [0.25, 0.3) is 0 Å². The summed E-state index contributed by atoms with van der Waals surface area (Å²) >= 11 is 0. The summed E-state index contributed by atoms with van der Waals surface area (Å²) in [5.41, 5.74) is 2.80. The van der Waals surface area contributed by atoms with E-state index in [1.807, 2.05) is 0 Å². The minimum atomic E-state index is 0.979. The summed E-state index contributed by atoms with van der Waals surface area (Å²) in [6.07, 6.45) is 5.23. The van der Waals surface area contributed by atoms with Crippen molar-refractivity contribution in [3.63, 3.8) is 0 Å². The van der Waals surface area contributed by atoms with Gasteiger partial charge in [0.2, 0.25) is 0 Å². The molecule has 0 amide bonds. The fourth-order valence-corrected chi connectivity index (χ4v) is 3.29. The van der Waals surface area contributed by atoms with Crippen molar-refractivity contribution in [2.45, 2.75) is 25.7 Å². The molecule has 0 aliphatic rings. The van der Waals surface area contributed by atoms with Gasteiger partial charge in [0, 0.05) is 0 Å². The normalized spacial score (nSPS) is 12.3. The second kappa shape index (κ2) is 8.46. The molecule has 24 heavy (non-hydrogen) atoms. The van der Waals surface area contributed by atoms with Gasteiger partial charge in [-0.05, 0) is 49.9 Å². The Kier molecular flexibility index (Phi) is 6.59. The molecule has 0 atom stereocenters. The number of hydrogen-bond acceptors (Lipinski definition) is 0. The van der Waals surface area contributed by atoms with E-state index in [0.29, 0.717) is 0 Å². The summed E-state index contributed by atoms with van der Waals surface area (Å²) in [7, 11) is 9.24. The molecule has 2 aromatic carbocycles. The van der Waals surface area contributed by atoms with E-state index in [0.717, 1.165) is 8.97 Å². The molecule has 0 aliphatic heterocycles. The Morgan fingerprint density at radius 2 is 0.833 bits per heavy atom. The third kappa shape index (κ3) is 5.47. The molecule has 0 N–H and O–H groups in total. The first-order chi connectivity index (χ1) is 11.4. The highest BCUT2D eigenvalue weighted by molar-refractivity contribution is 5.41. The molecule has 0 unspecified atom stereocenters. The number of nitrogens with zero attached hydrogens (tertiary/aromatic N) is 2. The van der Waals surface area contributed by atoms with Crippen LogP contribution in [0.4, 0.5) is 11.4 Å². The summed E-state index contributed by atoms with van der Waals surface area (Å²) in [6.45, 7) is 2.42. The third-order valence-electron chi connectivity index (χ3n) is 5.09. The van der Waals surface area contributed by atoms with E-state index in [1.165, 1.54) is 50.1 Å². The fraction of sp³-hybridized carbons (Fsp3) is 0.455. The van der Waals surface area contributed by atoms with Crippen LogP contribution in [0.25, 0.3) is 0 Å². The molecule has 130 valence electrons. The van der Waals surface area contributed by atoms with Crippen LogP contribution in [-0.2, 0) is 0 Å². The second-order valence-corrected chi connectivity index (χ2v) is 7.90. The van der Waals surface area contributed by atoms with E-state index in [9.17, 15) is 0 Å². The molecular weight excluding hydrogens is 292 g/mol. The minimum Gasteiger partial charge on any atom is -0.296 e. The molecule has 0 heterocycles. The van der Waals surface area contributed by atoms with Gasteiger partial charge in [0.1, 0.15) is 11.4 Å². The van der Waals surface area contributed by atoms with E-state index in [4.69, 9.17) is 0 Å². The number of rotatable bonds is 9. The summed E-state index contributed by atoms with van der Waals surface area (Å²) in [6, 6.07) is 21.7. The summed E-state index contributed by atoms with van der Waals surface area (Å²) in [5, 5.41) is 0. The molecule has 0 radical (unpaired) electrons. The predicted octanol–water partition coefficient (Wildman–Crippen LogP) is 5.08. The smallest absolute Gasteiger partial charge is 0.132 e. The zero-order valence-corrected chi connectivity index (χ0v) is 15.9. The van der Waals surface area contributed by atoms with Crippen LogP contribution < -0.4 is 8.97 Å². The molecule has 0 spiro atoms. The van der Waals surface area contributed by atoms with E-state index in [-0.39, 0.29) is 0 Å². The van der Waals surface area contributed by atoms with Crippen molar-refractivity contribution in [3.8, 4) is 0 Å². The average molecular weight is 327 g/mol. The van der Waals surface area contributed by atoms with Gasteiger partial charge in [-0.2, -0.15) is 0 Å². The van der Waals surface area contributed by atoms with Crippen LogP contribution in [0.15, 0.2) is 60.7 Å². The Morgan fingerprint density at radius 3 is 1.17 bits per heavy atom. The van der Waals surface area contributed by atoms with Crippen LogP contribution in [0.5, 0.6) is 0 Å². The van der Waals surface area contributed by atoms with E-state index < -0.39 is 0 Å². The number of benzene rings is 2. The van der Waals surface area contributed by atoms with Gasteiger partial charge in [0.15, 0.2) is 0 Å². The lowest BCUT2D eigenvalue weighted by molar-refractivity contribution is 0.363. The van der Waals surface area contributed by atoms with Crippen molar-refractivity contribution < 1.29 is 0 Å². The lowest BCUT2D eigenvalue weighted by atomic mass is 10.1. The fourth-order valence-electron chi connectivity index (χ4n) is 3.29. The van der Waals surface area contributed by atoms with Crippen molar-refractivity contribution in [1.82, 2.24) is 8.97 Å². The third-order valence-corrected chi connectivity index (χ3v) is 5.09. The summed E-state index contributed by atoms with van der Waals surface area (Å²) in [5.74, 6) is 0. The molecule has 0 fully saturated rings. The largest absolute Gasteiger partial charge is 0.296 e. The Morgan fingerprint density at radius 1 is 0.500 bits per heavy atom. The molecule has 2 heteroatoms. The van der Waals surface area contributed by atoms with Crippen LogP contribution in [0.2, 0.25) is 0 Å². The van der Waals surface area contributed by atoms with Gasteiger partial charge >= 0.3 is 0 Å². The Balaban J connectivity index is 1.68. The lowest BCUT2D eigenvalue weighted by Gasteiger charge is -2.30. The average Bonchev–Trinajstić information content (AvgIpc) is 2.59. The van der Waals surface area contributed by atoms with Crippen molar-refractivity contribution in [2.75, 3.05) is 41.3 Å². The molecule has 0 aromatic heterocycles. The van der Waals surface area contributed by atoms with Gasteiger partial charge in [0.05, 0.1) is 41.3 Å². The van der Waals surface area contributed by atoms with Crippen LogP contribution in [0.3, 0.4) is 0 Å². The lowest BCUT2D eigenvalue weighted by Crippen LogP contribution is -2.41. The maximum Gasteiger partial charge on any atom is 0.132 e. The van der Waals surface area contributed by atoms with Crippen LogP contribution in [-0.4, -0.2) is 41.3 Å². The quantitative estimate of drug-likeness (QED) is 0.445. The Bertz CT molecular complexity index is 532. The molecule has 2 aromatic rings. The number of quaternary nitrogens is 2. The zero-order valence-electron chi connectivity index (χ0n) is 15.9. The van der Waals surface area contributed by atoms with Crippen molar-refractivity contribution in [1.29, 1.82) is 0 Å². The SMILES string of the molecule is C[N+](C)(CCCCCC[N+](C)(C)c1ccccc1)c1ccccc1. The van der Waals surface area contributed by atoms with E-state index >= 15 is 0 Å². The molecule has 0 aliphatic carbocycles. The molecule has 2 nitrogen and oxygen atoms in total. The molecule has 0 saturated carbocycles. The Labute approximate surface area is 148 Å². The minimum absolute atomic E-state index is 0.979. The molecule has 0 saturated heterocycles. The summed E-state index contributed by atoms with van der Waals surface area (Å²) < 4.78 is 1.96.